The molecule has 2 amide bonds. The molecule has 6 nitrogen and oxygen atoms in total. The molecule has 0 saturated carbocycles. The maximum Gasteiger partial charge on any atom is 0.405 e. The molecule has 1 aliphatic heterocycles. The molecule has 0 radical (unpaired) electrons. The minimum absolute atomic E-state index is 0.0635. The van der Waals surface area contributed by atoms with Crippen LogP contribution in [0.25, 0.3) is 0 Å². The lowest BCUT2D eigenvalue weighted by atomic mass is 9.97. The van der Waals surface area contributed by atoms with E-state index in [2.05, 4.69) is 10.6 Å². The summed E-state index contributed by atoms with van der Waals surface area (Å²) in [6.07, 6.45) is -0.872. The number of ether oxygens (including phenoxy) is 1. The van der Waals surface area contributed by atoms with E-state index in [1.54, 1.807) is 0 Å². The van der Waals surface area contributed by atoms with Crippen molar-refractivity contribution in [1.29, 1.82) is 0 Å². The standard InChI is InChI=1S/C17H13ClF2N2O4/c18-10-3-2-9(15-14(10)13(5-6-26-15)22-17(24)25)16(23)21-8-1-4-11(19)12(20)7-8/h1-4,7,13,22H,5-6H2,(H,21,23)(H,24,25)/t13-/m0/s1. The predicted molar refractivity (Wildman–Crippen MR) is 89.8 cm³/mol. The minimum Gasteiger partial charge on any atom is -0.492 e. The quantitative estimate of drug-likeness (QED) is 0.749. The van der Waals surface area contributed by atoms with E-state index in [0.717, 1.165) is 12.1 Å². The summed E-state index contributed by atoms with van der Waals surface area (Å²) >= 11 is 6.16. The number of hydrogen-bond donors (Lipinski definition) is 3. The Kier molecular flexibility index (Phi) is 4.94. The first kappa shape index (κ1) is 17.9. The van der Waals surface area contributed by atoms with E-state index in [1.165, 1.54) is 18.2 Å². The van der Waals surface area contributed by atoms with Gasteiger partial charge in [-0.05, 0) is 24.3 Å². The number of carbonyl (C=O) groups excluding carboxylic acids is 1. The molecule has 9 heteroatoms. The van der Waals surface area contributed by atoms with Gasteiger partial charge >= 0.3 is 6.09 Å². The van der Waals surface area contributed by atoms with Gasteiger partial charge in [-0.25, -0.2) is 13.6 Å². The summed E-state index contributed by atoms with van der Waals surface area (Å²) < 4.78 is 31.8. The Bertz CT molecular complexity index is 891. The maximum absolute atomic E-state index is 13.3. The Morgan fingerprint density at radius 2 is 1.96 bits per heavy atom. The number of fused-ring (bicyclic) bond motifs is 1. The largest absolute Gasteiger partial charge is 0.492 e. The van der Waals surface area contributed by atoms with Crippen LogP contribution in [0, 0.1) is 11.6 Å². The van der Waals surface area contributed by atoms with E-state index in [4.69, 9.17) is 21.4 Å². The highest BCUT2D eigenvalue weighted by Crippen LogP contribution is 2.40. The van der Waals surface area contributed by atoms with E-state index < -0.39 is 29.7 Å². The number of carboxylic acid groups (broad SMARTS) is 1. The number of hydrogen-bond acceptors (Lipinski definition) is 3. The van der Waals surface area contributed by atoms with Gasteiger partial charge in [0.1, 0.15) is 5.75 Å². The summed E-state index contributed by atoms with van der Waals surface area (Å²) in [6, 6.07) is 5.20. The fraction of sp³-hybridized carbons (Fsp3) is 0.176. The Morgan fingerprint density at radius 1 is 1.19 bits per heavy atom. The Hall–Kier alpha value is -2.87. The van der Waals surface area contributed by atoms with Crippen LogP contribution in [0.5, 0.6) is 5.75 Å². The smallest absolute Gasteiger partial charge is 0.405 e. The molecule has 26 heavy (non-hydrogen) atoms. The molecule has 1 atom stereocenters. The molecule has 1 aliphatic rings. The van der Waals surface area contributed by atoms with Crippen molar-refractivity contribution in [3.63, 3.8) is 0 Å². The summed E-state index contributed by atoms with van der Waals surface area (Å²) in [7, 11) is 0. The lowest BCUT2D eigenvalue weighted by Crippen LogP contribution is -2.32. The number of carbonyl (C=O) groups is 2. The summed E-state index contributed by atoms with van der Waals surface area (Å²) in [6.45, 7) is 0.184. The second kappa shape index (κ2) is 7.17. The van der Waals surface area contributed by atoms with Gasteiger partial charge in [0.15, 0.2) is 11.6 Å². The summed E-state index contributed by atoms with van der Waals surface area (Å²) in [5.74, 6) is -2.59. The Balaban J connectivity index is 1.94. The van der Waals surface area contributed by atoms with E-state index in [-0.39, 0.29) is 28.6 Å². The van der Waals surface area contributed by atoms with Crippen LogP contribution in [0.3, 0.4) is 0 Å². The van der Waals surface area contributed by atoms with Crippen LogP contribution in [-0.4, -0.2) is 23.7 Å². The molecule has 0 bridgehead atoms. The molecule has 0 aromatic heterocycles. The molecule has 3 N–H and O–H groups in total. The second-order valence-electron chi connectivity index (χ2n) is 5.56. The van der Waals surface area contributed by atoms with Gasteiger partial charge in [-0.1, -0.05) is 11.6 Å². The van der Waals surface area contributed by atoms with E-state index in [1.807, 2.05) is 0 Å². The minimum atomic E-state index is -1.23. The molecule has 0 spiro atoms. The van der Waals surface area contributed by atoms with Crippen LogP contribution in [0.4, 0.5) is 19.3 Å². The van der Waals surface area contributed by atoms with Crippen molar-refractivity contribution in [2.24, 2.45) is 0 Å². The van der Waals surface area contributed by atoms with Crippen molar-refractivity contribution in [2.75, 3.05) is 11.9 Å². The van der Waals surface area contributed by atoms with Gasteiger partial charge in [-0.15, -0.1) is 0 Å². The maximum atomic E-state index is 13.3. The van der Waals surface area contributed by atoms with Crippen LogP contribution >= 0.6 is 11.6 Å². The van der Waals surface area contributed by atoms with Gasteiger partial charge in [0, 0.05) is 28.8 Å². The SMILES string of the molecule is O=C(O)N[C@H]1CCOc2c(C(=O)Nc3ccc(F)c(F)c3)ccc(Cl)c21. The molecule has 2 aromatic rings. The third-order valence-corrected chi connectivity index (χ3v) is 4.19. The van der Waals surface area contributed by atoms with Crippen LogP contribution in [0.15, 0.2) is 30.3 Å². The highest BCUT2D eigenvalue weighted by atomic mass is 35.5. The molecule has 136 valence electrons. The fourth-order valence-corrected chi connectivity index (χ4v) is 3.00. The molecule has 0 aliphatic carbocycles. The average molecular weight is 383 g/mol. The zero-order chi connectivity index (χ0) is 18.8. The van der Waals surface area contributed by atoms with Crippen LogP contribution in [0.1, 0.15) is 28.4 Å². The van der Waals surface area contributed by atoms with E-state index in [9.17, 15) is 18.4 Å². The van der Waals surface area contributed by atoms with Crippen LogP contribution in [0.2, 0.25) is 5.02 Å². The summed E-state index contributed by atoms with van der Waals surface area (Å²) in [4.78, 5) is 23.5. The Morgan fingerprint density at radius 3 is 2.65 bits per heavy atom. The number of anilines is 1. The Labute approximate surface area is 151 Å². The zero-order valence-corrected chi connectivity index (χ0v) is 13.9. The highest BCUT2D eigenvalue weighted by molar-refractivity contribution is 6.32. The molecular formula is C17H13ClF2N2O4. The van der Waals surface area contributed by atoms with Gasteiger partial charge < -0.3 is 20.5 Å². The van der Waals surface area contributed by atoms with Crippen LogP contribution in [-0.2, 0) is 0 Å². The third kappa shape index (κ3) is 3.55. The van der Waals surface area contributed by atoms with Gasteiger partial charge in [-0.2, -0.15) is 0 Å². The first-order valence-corrected chi connectivity index (χ1v) is 7.95. The van der Waals surface area contributed by atoms with Crippen molar-refractivity contribution in [1.82, 2.24) is 5.32 Å². The zero-order valence-electron chi connectivity index (χ0n) is 13.2. The summed E-state index contributed by atoms with van der Waals surface area (Å²) in [5, 5.41) is 14.0. The number of amides is 2. The normalized spacial score (nSPS) is 15.6. The van der Waals surface area contributed by atoms with Gasteiger partial charge in [-0.3, -0.25) is 4.79 Å². The monoisotopic (exact) mass is 382 g/mol. The van der Waals surface area contributed by atoms with Crippen molar-refractivity contribution in [3.05, 3.63) is 58.1 Å². The molecule has 0 unspecified atom stereocenters. The average Bonchev–Trinajstić information content (AvgIpc) is 2.58. The number of benzene rings is 2. The van der Waals surface area contributed by atoms with E-state index >= 15 is 0 Å². The number of halogens is 3. The first-order chi connectivity index (χ1) is 12.4. The van der Waals surface area contributed by atoms with Gasteiger partial charge in [0.05, 0.1) is 18.2 Å². The van der Waals surface area contributed by atoms with Crippen molar-refractivity contribution < 1.29 is 28.2 Å². The lowest BCUT2D eigenvalue weighted by Gasteiger charge is -2.28. The number of nitrogens with one attached hydrogen (secondary N) is 2. The predicted octanol–water partition coefficient (Wildman–Crippen LogP) is 3.96. The first-order valence-electron chi connectivity index (χ1n) is 7.58. The topological polar surface area (TPSA) is 87.7 Å². The van der Waals surface area contributed by atoms with Crippen LogP contribution < -0.4 is 15.4 Å². The van der Waals surface area contributed by atoms with Gasteiger partial charge in [0.2, 0.25) is 0 Å². The molecule has 1 heterocycles. The molecule has 2 aromatic carbocycles. The fourth-order valence-electron chi connectivity index (χ4n) is 2.72. The van der Waals surface area contributed by atoms with Crippen molar-refractivity contribution in [3.8, 4) is 5.75 Å². The molecule has 0 fully saturated rings. The molecule has 3 rings (SSSR count). The van der Waals surface area contributed by atoms with Gasteiger partial charge in [0.25, 0.3) is 5.91 Å². The highest BCUT2D eigenvalue weighted by Gasteiger charge is 2.29. The lowest BCUT2D eigenvalue weighted by molar-refractivity contribution is 0.102. The second-order valence-corrected chi connectivity index (χ2v) is 5.97. The molecule has 0 saturated heterocycles. The van der Waals surface area contributed by atoms with Crippen molar-refractivity contribution in [2.45, 2.75) is 12.5 Å². The molecular weight excluding hydrogens is 370 g/mol. The number of rotatable bonds is 3. The third-order valence-electron chi connectivity index (χ3n) is 3.86. The van der Waals surface area contributed by atoms with E-state index in [0.29, 0.717) is 12.0 Å². The summed E-state index contributed by atoms with van der Waals surface area (Å²) in [5.41, 5.74) is 0.526. The van der Waals surface area contributed by atoms with Crippen molar-refractivity contribution >= 4 is 29.3 Å².